The summed E-state index contributed by atoms with van der Waals surface area (Å²) in [7, 11) is -4.57. The first-order chi connectivity index (χ1) is 15.1. The van der Waals surface area contributed by atoms with Crippen molar-refractivity contribution in [3.05, 3.63) is 101 Å². The van der Waals surface area contributed by atoms with E-state index in [4.69, 9.17) is 4.74 Å². The molecule has 0 aromatic heterocycles. The Kier molecular flexibility index (Phi) is 6.81. The highest BCUT2D eigenvalue weighted by molar-refractivity contribution is 7.86. The Labute approximate surface area is 183 Å². The highest BCUT2D eigenvalue weighted by Gasteiger charge is 2.24. The zero-order valence-electron chi connectivity index (χ0n) is 16.8. The lowest BCUT2D eigenvalue weighted by Gasteiger charge is -2.16. The fraction of sp³-hybridized carbons (Fsp3) is 0.130. The largest absolute Gasteiger partial charge is 0.472 e. The molecule has 166 valence electrons. The Morgan fingerprint density at radius 2 is 1.22 bits per heavy atom. The van der Waals surface area contributed by atoms with Crippen molar-refractivity contribution in [1.29, 1.82) is 0 Å². The zero-order valence-corrected chi connectivity index (χ0v) is 17.6. The molecular weight excluding hydrogens is 442 g/mol. The molecule has 0 heterocycles. The number of hydrogen-bond donors (Lipinski definition) is 1. The number of rotatable bonds is 8. The summed E-state index contributed by atoms with van der Waals surface area (Å²) < 4.78 is 64.2. The molecule has 0 fully saturated rings. The maximum absolute atomic E-state index is 13.2. The summed E-state index contributed by atoms with van der Waals surface area (Å²) in [4.78, 5) is 25.8. The molecule has 3 aromatic carbocycles. The molecule has 0 saturated carbocycles. The second-order valence-corrected chi connectivity index (χ2v) is 8.44. The van der Waals surface area contributed by atoms with Gasteiger partial charge in [0.25, 0.3) is 0 Å². The lowest BCUT2D eigenvalue weighted by Crippen LogP contribution is -2.26. The molecule has 0 radical (unpaired) electrons. The molecular formula is C23H18F2O6S. The van der Waals surface area contributed by atoms with Gasteiger partial charge in [-0.05, 0) is 73.2 Å². The minimum absolute atomic E-state index is 0.0234. The molecule has 0 bridgehead atoms. The van der Waals surface area contributed by atoms with Crippen LogP contribution in [0.25, 0.3) is 0 Å². The molecule has 1 unspecified atom stereocenters. The topological polar surface area (TPSA) is 97.7 Å². The fourth-order valence-corrected chi connectivity index (χ4v) is 3.63. The van der Waals surface area contributed by atoms with Crippen LogP contribution in [0.2, 0.25) is 0 Å². The Bertz CT molecular complexity index is 1180. The van der Waals surface area contributed by atoms with Crippen molar-refractivity contribution in [1.82, 2.24) is 0 Å². The van der Waals surface area contributed by atoms with E-state index in [1.807, 2.05) is 0 Å². The van der Waals surface area contributed by atoms with Gasteiger partial charge in [-0.3, -0.25) is 14.1 Å². The van der Waals surface area contributed by atoms with E-state index >= 15 is 0 Å². The predicted octanol–water partition coefficient (Wildman–Crippen LogP) is 4.43. The molecule has 3 rings (SSSR count). The van der Waals surface area contributed by atoms with E-state index in [1.54, 1.807) is 0 Å². The van der Waals surface area contributed by atoms with Crippen molar-refractivity contribution in [2.45, 2.75) is 18.8 Å². The third kappa shape index (κ3) is 5.43. The smallest absolute Gasteiger partial charge is 0.303 e. The normalized spacial score (nSPS) is 12.2. The van der Waals surface area contributed by atoms with Crippen molar-refractivity contribution in [3.8, 4) is 5.75 Å². The number of benzene rings is 3. The van der Waals surface area contributed by atoms with Gasteiger partial charge in [0.1, 0.15) is 17.4 Å². The van der Waals surface area contributed by atoms with E-state index in [9.17, 15) is 31.3 Å². The van der Waals surface area contributed by atoms with E-state index in [2.05, 4.69) is 0 Å². The van der Waals surface area contributed by atoms with Crippen LogP contribution in [0.15, 0.2) is 66.7 Å². The van der Waals surface area contributed by atoms with Gasteiger partial charge in [0, 0.05) is 22.3 Å². The molecule has 3 aromatic rings. The lowest BCUT2D eigenvalue weighted by atomic mass is 9.97. The predicted molar refractivity (Wildman–Crippen MR) is 112 cm³/mol. The minimum atomic E-state index is -4.57. The van der Waals surface area contributed by atoms with Gasteiger partial charge in [-0.2, -0.15) is 8.42 Å². The molecule has 0 amide bonds. The molecule has 6 nitrogen and oxygen atoms in total. The fourth-order valence-electron chi connectivity index (χ4n) is 2.97. The minimum Gasteiger partial charge on any atom is -0.472 e. The van der Waals surface area contributed by atoms with Crippen molar-refractivity contribution >= 4 is 21.7 Å². The summed E-state index contributed by atoms with van der Waals surface area (Å²) in [6.07, 6.45) is -0.101. The summed E-state index contributed by atoms with van der Waals surface area (Å²) in [5, 5.41) is 0. The first-order valence-electron chi connectivity index (χ1n) is 9.47. The average molecular weight is 460 g/mol. The number of ketones is 2. The third-order valence-electron chi connectivity index (χ3n) is 4.58. The summed E-state index contributed by atoms with van der Waals surface area (Å²) in [5.74, 6) is -2.35. The Morgan fingerprint density at radius 1 is 0.812 bits per heavy atom. The third-order valence-corrected chi connectivity index (χ3v) is 5.67. The molecule has 0 spiro atoms. The first kappa shape index (κ1) is 23.2. The van der Waals surface area contributed by atoms with Crippen LogP contribution in [-0.2, 0) is 10.1 Å². The molecule has 1 N–H and O–H groups in total. The van der Waals surface area contributed by atoms with Gasteiger partial charge in [0.05, 0.1) is 0 Å². The summed E-state index contributed by atoms with van der Waals surface area (Å²) in [6, 6.07) is 13.2. The van der Waals surface area contributed by atoms with Crippen LogP contribution in [0.1, 0.15) is 45.2 Å². The van der Waals surface area contributed by atoms with Crippen LogP contribution in [0.5, 0.6) is 5.75 Å². The van der Waals surface area contributed by atoms with E-state index in [1.165, 1.54) is 49.4 Å². The van der Waals surface area contributed by atoms with Crippen LogP contribution in [0.3, 0.4) is 0 Å². The number of carbonyl (C=O) groups excluding carboxylic acids is 2. The number of hydrogen-bond acceptors (Lipinski definition) is 5. The molecule has 0 aliphatic carbocycles. The standard InChI is InChI=1S/C23H18F2O6S/c1-2-21(32(28,29)30)31-20-12-16(22(26)14-3-7-18(24)8-4-14)11-17(13-20)23(27)15-5-9-19(25)10-6-15/h3-13,21H,2H2,1H3,(H,28,29,30). The van der Waals surface area contributed by atoms with Crippen molar-refractivity contribution in [2.75, 3.05) is 0 Å². The van der Waals surface area contributed by atoms with E-state index < -0.39 is 38.8 Å². The maximum Gasteiger partial charge on any atom is 0.303 e. The molecule has 9 heteroatoms. The molecule has 1 atom stereocenters. The van der Waals surface area contributed by atoms with E-state index in [-0.39, 0.29) is 34.4 Å². The highest BCUT2D eigenvalue weighted by Crippen LogP contribution is 2.25. The molecule has 0 aliphatic rings. The van der Waals surface area contributed by atoms with Gasteiger partial charge in [-0.1, -0.05) is 6.92 Å². The Balaban J connectivity index is 2.08. The van der Waals surface area contributed by atoms with Crippen LogP contribution < -0.4 is 4.74 Å². The summed E-state index contributed by atoms with van der Waals surface area (Å²) in [5.41, 5.74) is -1.40. The van der Waals surface area contributed by atoms with Crippen LogP contribution >= 0.6 is 0 Å². The second kappa shape index (κ2) is 9.37. The van der Waals surface area contributed by atoms with Gasteiger partial charge < -0.3 is 4.74 Å². The maximum atomic E-state index is 13.2. The number of ether oxygens (including phenoxy) is 1. The van der Waals surface area contributed by atoms with Crippen LogP contribution in [0.4, 0.5) is 8.78 Å². The SMILES string of the molecule is CCC(Oc1cc(C(=O)c2ccc(F)cc2)cc(C(=O)c2ccc(F)cc2)c1)S(=O)(=O)O. The monoisotopic (exact) mass is 460 g/mol. The lowest BCUT2D eigenvalue weighted by molar-refractivity contribution is 0.103. The number of carbonyl (C=O) groups is 2. The molecule has 32 heavy (non-hydrogen) atoms. The second-order valence-electron chi connectivity index (χ2n) is 6.89. The van der Waals surface area contributed by atoms with Crippen LogP contribution in [0, 0.1) is 11.6 Å². The zero-order chi connectivity index (χ0) is 23.5. The Hall–Kier alpha value is -3.43. The highest BCUT2D eigenvalue weighted by atomic mass is 32.2. The summed E-state index contributed by atoms with van der Waals surface area (Å²) >= 11 is 0. The average Bonchev–Trinajstić information content (AvgIpc) is 2.76. The van der Waals surface area contributed by atoms with Gasteiger partial charge in [0.2, 0.25) is 5.44 Å². The quantitative estimate of drug-likeness (QED) is 0.395. The van der Waals surface area contributed by atoms with Crippen molar-refractivity contribution in [3.63, 3.8) is 0 Å². The molecule has 0 aliphatic heterocycles. The van der Waals surface area contributed by atoms with E-state index in [0.717, 1.165) is 24.3 Å². The van der Waals surface area contributed by atoms with Crippen molar-refractivity contribution < 1.29 is 36.1 Å². The molecule has 0 saturated heterocycles. The van der Waals surface area contributed by atoms with Gasteiger partial charge in [-0.25, -0.2) is 8.78 Å². The number of halogens is 2. The van der Waals surface area contributed by atoms with Gasteiger partial charge in [0.15, 0.2) is 11.6 Å². The summed E-state index contributed by atoms with van der Waals surface area (Å²) in [6.45, 7) is 1.47. The van der Waals surface area contributed by atoms with Gasteiger partial charge >= 0.3 is 10.1 Å². The van der Waals surface area contributed by atoms with Crippen molar-refractivity contribution in [2.24, 2.45) is 0 Å². The van der Waals surface area contributed by atoms with Crippen LogP contribution in [-0.4, -0.2) is 30.0 Å². The van der Waals surface area contributed by atoms with Gasteiger partial charge in [-0.15, -0.1) is 0 Å². The Morgan fingerprint density at radius 3 is 1.56 bits per heavy atom. The first-order valence-corrected chi connectivity index (χ1v) is 11.0. The van der Waals surface area contributed by atoms with E-state index in [0.29, 0.717) is 0 Å².